The molecule has 0 radical (unpaired) electrons. The molecule has 6 nitrogen and oxygen atoms in total. The lowest BCUT2D eigenvalue weighted by Crippen LogP contribution is -2.42. The Morgan fingerprint density at radius 1 is 1.32 bits per heavy atom. The normalized spacial score (nSPS) is 12.8. The fourth-order valence-electron chi connectivity index (χ4n) is 2.54. The van der Waals surface area contributed by atoms with Crippen LogP contribution < -0.4 is 10.6 Å². The van der Waals surface area contributed by atoms with E-state index in [1.165, 1.54) is 12.1 Å². The monoisotopic (exact) mass is 464 g/mol. The molecule has 0 saturated heterocycles. The molecule has 0 spiro atoms. The van der Waals surface area contributed by atoms with Crippen LogP contribution in [0.25, 0.3) is 0 Å². The Hall–Kier alpha value is -0.830. The summed E-state index contributed by atoms with van der Waals surface area (Å²) in [7, 11) is 2.17. The first kappa shape index (κ1) is 24.2. The van der Waals surface area contributed by atoms with Gasteiger partial charge in [-0.1, -0.05) is 6.92 Å². The Bertz CT molecular complexity index is 500. The van der Waals surface area contributed by atoms with Gasteiger partial charge in [-0.25, -0.2) is 0 Å². The molecule has 1 unspecified atom stereocenters. The highest BCUT2D eigenvalue weighted by molar-refractivity contribution is 14.0. The lowest BCUT2D eigenvalue weighted by atomic mass is 10.2. The topological polar surface area (TPSA) is 57.5 Å². The smallest absolute Gasteiger partial charge is 0.191 e. The van der Waals surface area contributed by atoms with Crippen LogP contribution in [0.15, 0.2) is 11.1 Å². The predicted molar refractivity (Wildman–Crippen MR) is 118 cm³/mol. The Kier molecular flexibility index (Phi) is 12.9. The quantitative estimate of drug-likeness (QED) is 0.242. The molecule has 25 heavy (non-hydrogen) atoms. The number of halogens is 1. The predicted octanol–water partition coefficient (Wildman–Crippen LogP) is 2.79. The Morgan fingerprint density at radius 2 is 2.04 bits per heavy atom. The van der Waals surface area contributed by atoms with Crippen molar-refractivity contribution in [1.82, 2.24) is 25.3 Å². The number of guanidine groups is 1. The minimum absolute atomic E-state index is 0. The van der Waals surface area contributed by atoms with E-state index in [-0.39, 0.29) is 24.0 Å². The highest BCUT2D eigenvalue weighted by atomic mass is 127. The molecule has 0 aromatic carbocycles. The summed E-state index contributed by atoms with van der Waals surface area (Å²) in [5.41, 5.74) is 2.30. The molecule has 1 heterocycles. The second kappa shape index (κ2) is 13.4. The lowest BCUT2D eigenvalue weighted by Gasteiger charge is -2.24. The van der Waals surface area contributed by atoms with E-state index >= 15 is 0 Å². The molecule has 2 N–H and O–H groups in total. The van der Waals surface area contributed by atoms with Gasteiger partial charge in [-0.3, -0.25) is 9.67 Å². The van der Waals surface area contributed by atoms with Gasteiger partial charge in [0.25, 0.3) is 0 Å². The van der Waals surface area contributed by atoms with Gasteiger partial charge in [-0.2, -0.15) is 5.10 Å². The molecule has 0 fully saturated rings. The SMILES string of the molecule is CCNC(=NCCCn1nc(C)cc1C)NCCN(C)C(C)CC.I. The molecular weight excluding hydrogens is 427 g/mol. The number of likely N-dealkylation sites (N-methyl/N-ethyl adjacent to an activating group) is 1. The summed E-state index contributed by atoms with van der Waals surface area (Å²) < 4.78 is 2.06. The fourth-order valence-corrected chi connectivity index (χ4v) is 2.54. The largest absolute Gasteiger partial charge is 0.357 e. The molecule has 0 bridgehead atoms. The summed E-state index contributed by atoms with van der Waals surface area (Å²) >= 11 is 0. The second-order valence-electron chi connectivity index (χ2n) is 6.43. The van der Waals surface area contributed by atoms with Gasteiger partial charge in [0.15, 0.2) is 5.96 Å². The molecule has 0 aliphatic rings. The molecule has 1 atom stereocenters. The van der Waals surface area contributed by atoms with Crippen LogP contribution in [0.3, 0.4) is 0 Å². The number of hydrogen-bond donors (Lipinski definition) is 2. The Morgan fingerprint density at radius 3 is 2.60 bits per heavy atom. The first-order valence-corrected chi connectivity index (χ1v) is 9.21. The molecule has 1 aromatic rings. The molecule has 1 aromatic heterocycles. The number of nitrogens with one attached hydrogen (secondary N) is 2. The molecular formula is C18H37IN6. The highest BCUT2D eigenvalue weighted by Gasteiger charge is 2.06. The van der Waals surface area contributed by atoms with Crippen LogP contribution in [0.4, 0.5) is 0 Å². The lowest BCUT2D eigenvalue weighted by molar-refractivity contribution is 0.255. The summed E-state index contributed by atoms with van der Waals surface area (Å²) in [4.78, 5) is 7.04. The third-order valence-electron chi connectivity index (χ3n) is 4.35. The average molecular weight is 464 g/mol. The van der Waals surface area contributed by atoms with Crippen molar-refractivity contribution in [2.24, 2.45) is 4.99 Å². The molecule has 0 aliphatic heterocycles. The minimum Gasteiger partial charge on any atom is -0.357 e. The number of hydrogen-bond acceptors (Lipinski definition) is 3. The van der Waals surface area contributed by atoms with E-state index in [4.69, 9.17) is 0 Å². The maximum absolute atomic E-state index is 4.66. The van der Waals surface area contributed by atoms with Crippen LogP contribution in [-0.2, 0) is 6.54 Å². The van der Waals surface area contributed by atoms with Gasteiger partial charge in [0.05, 0.1) is 5.69 Å². The van der Waals surface area contributed by atoms with Gasteiger partial charge in [0.1, 0.15) is 0 Å². The summed E-state index contributed by atoms with van der Waals surface area (Å²) in [6, 6.07) is 2.73. The van der Waals surface area contributed by atoms with Crippen LogP contribution >= 0.6 is 24.0 Å². The summed E-state index contributed by atoms with van der Waals surface area (Å²) in [5.74, 6) is 0.906. The summed E-state index contributed by atoms with van der Waals surface area (Å²) in [6.45, 7) is 15.2. The van der Waals surface area contributed by atoms with Gasteiger partial charge in [0, 0.05) is 44.5 Å². The molecule has 0 saturated carbocycles. The summed E-state index contributed by atoms with van der Waals surface area (Å²) in [6.07, 6.45) is 2.17. The van der Waals surface area contributed by atoms with E-state index in [0.29, 0.717) is 6.04 Å². The minimum atomic E-state index is 0. The number of nitrogens with zero attached hydrogens (tertiary/aromatic N) is 4. The summed E-state index contributed by atoms with van der Waals surface area (Å²) in [5, 5.41) is 11.2. The van der Waals surface area contributed by atoms with E-state index in [9.17, 15) is 0 Å². The molecule has 7 heteroatoms. The van der Waals surface area contributed by atoms with E-state index < -0.39 is 0 Å². The van der Waals surface area contributed by atoms with Crippen molar-refractivity contribution in [1.29, 1.82) is 0 Å². The number of aromatic nitrogens is 2. The van der Waals surface area contributed by atoms with Crippen molar-refractivity contribution in [3.8, 4) is 0 Å². The molecule has 0 aliphatic carbocycles. The van der Waals surface area contributed by atoms with Gasteiger partial charge < -0.3 is 15.5 Å². The first-order chi connectivity index (χ1) is 11.5. The zero-order valence-electron chi connectivity index (χ0n) is 16.8. The van der Waals surface area contributed by atoms with E-state index in [1.807, 2.05) is 6.92 Å². The highest BCUT2D eigenvalue weighted by Crippen LogP contribution is 2.02. The third-order valence-corrected chi connectivity index (χ3v) is 4.35. The average Bonchev–Trinajstić information content (AvgIpc) is 2.88. The van der Waals surface area contributed by atoms with Gasteiger partial charge in [-0.05, 0) is 53.7 Å². The van der Waals surface area contributed by atoms with Gasteiger partial charge in [-0.15, -0.1) is 24.0 Å². The first-order valence-electron chi connectivity index (χ1n) is 9.21. The number of aryl methyl sites for hydroxylation is 3. The van der Waals surface area contributed by atoms with E-state index in [0.717, 1.165) is 50.8 Å². The maximum atomic E-state index is 4.66. The molecule has 1 rings (SSSR count). The van der Waals surface area contributed by atoms with Crippen molar-refractivity contribution in [2.75, 3.05) is 33.2 Å². The Balaban J connectivity index is 0.00000576. The van der Waals surface area contributed by atoms with E-state index in [1.54, 1.807) is 0 Å². The Labute approximate surface area is 170 Å². The van der Waals surface area contributed by atoms with Crippen molar-refractivity contribution in [3.63, 3.8) is 0 Å². The molecule has 146 valence electrons. The van der Waals surface area contributed by atoms with Crippen LogP contribution in [0.5, 0.6) is 0 Å². The van der Waals surface area contributed by atoms with Crippen molar-refractivity contribution < 1.29 is 0 Å². The van der Waals surface area contributed by atoms with Crippen molar-refractivity contribution in [2.45, 2.75) is 60.0 Å². The van der Waals surface area contributed by atoms with Crippen LogP contribution in [-0.4, -0.2) is 59.9 Å². The van der Waals surface area contributed by atoms with E-state index in [2.05, 4.69) is 71.1 Å². The van der Waals surface area contributed by atoms with Crippen LogP contribution in [0, 0.1) is 13.8 Å². The van der Waals surface area contributed by atoms with Gasteiger partial charge >= 0.3 is 0 Å². The van der Waals surface area contributed by atoms with Crippen molar-refractivity contribution in [3.05, 3.63) is 17.5 Å². The zero-order chi connectivity index (χ0) is 17.9. The zero-order valence-corrected chi connectivity index (χ0v) is 19.1. The second-order valence-corrected chi connectivity index (χ2v) is 6.43. The van der Waals surface area contributed by atoms with Gasteiger partial charge in [0.2, 0.25) is 0 Å². The number of aliphatic imine (C=N–C) groups is 1. The van der Waals surface area contributed by atoms with Crippen molar-refractivity contribution >= 4 is 29.9 Å². The number of rotatable bonds is 10. The van der Waals surface area contributed by atoms with Crippen LogP contribution in [0.2, 0.25) is 0 Å². The standard InChI is InChI=1S/C18H36N6.HI/c1-7-16(4)23(6)13-11-21-18(19-8-2)20-10-9-12-24-17(5)14-15(3)22-24;/h14,16H,7-13H2,1-6H3,(H2,19,20,21);1H. The maximum Gasteiger partial charge on any atom is 0.191 e. The molecule has 0 amide bonds. The third kappa shape index (κ3) is 9.44. The van der Waals surface area contributed by atoms with Crippen LogP contribution in [0.1, 0.15) is 45.0 Å². The fraction of sp³-hybridized carbons (Fsp3) is 0.778.